The Morgan fingerprint density at radius 2 is 1.33 bits per heavy atom. The van der Waals surface area contributed by atoms with Gasteiger partial charge in [0.2, 0.25) is 0 Å². The van der Waals surface area contributed by atoms with Gasteiger partial charge in [0.15, 0.2) is 0 Å². The standard InChI is InChI=1S/C16H15BrF3N/c1-21-16(6-10-2-12(17)8-13(18)3-10)7-11-4-14(19)9-15(20)5-11/h2-5,8-9,16,21H,6-7H2,1H3. The maximum absolute atomic E-state index is 13.4. The van der Waals surface area contributed by atoms with Gasteiger partial charge >= 0.3 is 0 Å². The van der Waals surface area contributed by atoms with Crippen LogP contribution in [0.3, 0.4) is 0 Å². The Hall–Kier alpha value is -1.33. The van der Waals surface area contributed by atoms with Gasteiger partial charge in [-0.1, -0.05) is 15.9 Å². The van der Waals surface area contributed by atoms with Gasteiger partial charge in [0.25, 0.3) is 0 Å². The molecule has 0 aliphatic rings. The molecule has 0 radical (unpaired) electrons. The van der Waals surface area contributed by atoms with Crippen molar-refractivity contribution in [2.75, 3.05) is 7.05 Å². The zero-order chi connectivity index (χ0) is 15.4. The highest BCUT2D eigenvalue weighted by atomic mass is 79.9. The highest BCUT2D eigenvalue weighted by molar-refractivity contribution is 9.10. The number of hydrogen-bond donors (Lipinski definition) is 1. The van der Waals surface area contributed by atoms with E-state index in [1.165, 1.54) is 24.3 Å². The van der Waals surface area contributed by atoms with Crippen LogP contribution in [-0.4, -0.2) is 13.1 Å². The topological polar surface area (TPSA) is 12.0 Å². The van der Waals surface area contributed by atoms with Gasteiger partial charge in [-0.15, -0.1) is 0 Å². The van der Waals surface area contributed by atoms with Crippen LogP contribution in [0.1, 0.15) is 11.1 Å². The number of likely N-dealkylation sites (N-methyl/N-ethyl adjacent to an activating group) is 1. The van der Waals surface area contributed by atoms with E-state index in [1.807, 2.05) is 6.07 Å². The van der Waals surface area contributed by atoms with Crippen molar-refractivity contribution >= 4 is 15.9 Å². The third-order valence-corrected chi connectivity index (χ3v) is 3.67. The third kappa shape index (κ3) is 4.86. The lowest BCUT2D eigenvalue weighted by Crippen LogP contribution is -2.30. The molecular formula is C16H15BrF3N. The molecule has 0 saturated carbocycles. The van der Waals surface area contributed by atoms with Crippen LogP contribution in [-0.2, 0) is 12.8 Å². The molecule has 5 heteroatoms. The average molecular weight is 358 g/mol. The Morgan fingerprint density at radius 1 is 0.857 bits per heavy atom. The number of rotatable bonds is 5. The monoisotopic (exact) mass is 357 g/mol. The molecule has 0 aromatic heterocycles. The summed E-state index contributed by atoms with van der Waals surface area (Å²) in [7, 11) is 1.77. The van der Waals surface area contributed by atoms with Crippen LogP contribution in [0.15, 0.2) is 40.9 Å². The second-order valence-electron chi connectivity index (χ2n) is 4.95. The molecule has 0 saturated heterocycles. The van der Waals surface area contributed by atoms with E-state index >= 15 is 0 Å². The quantitative estimate of drug-likeness (QED) is 0.843. The Balaban J connectivity index is 2.12. The van der Waals surface area contributed by atoms with Gasteiger partial charge in [0, 0.05) is 16.6 Å². The van der Waals surface area contributed by atoms with Gasteiger partial charge in [-0.2, -0.15) is 0 Å². The first-order valence-electron chi connectivity index (χ1n) is 6.53. The Morgan fingerprint density at radius 3 is 1.81 bits per heavy atom. The van der Waals surface area contributed by atoms with Crippen molar-refractivity contribution in [2.24, 2.45) is 0 Å². The van der Waals surface area contributed by atoms with Crippen molar-refractivity contribution in [3.63, 3.8) is 0 Å². The van der Waals surface area contributed by atoms with Crippen molar-refractivity contribution in [1.29, 1.82) is 0 Å². The minimum Gasteiger partial charge on any atom is -0.316 e. The maximum Gasteiger partial charge on any atom is 0.126 e. The summed E-state index contributed by atoms with van der Waals surface area (Å²) in [6, 6.07) is 8.12. The average Bonchev–Trinajstić information content (AvgIpc) is 2.35. The SMILES string of the molecule is CNC(Cc1cc(F)cc(F)c1)Cc1cc(F)cc(Br)c1. The van der Waals surface area contributed by atoms with Gasteiger partial charge in [-0.25, -0.2) is 13.2 Å². The summed E-state index contributed by atoms with van der Waals surface area (Å²) in [4.78, 5) is 0. The summed E-state index contributed by atoms with van der Waals surface area (Å²) in [6.45, 7) is 0. The third-order valence-electron chi connectivity index (χ3n) is 3.22. The van der Waals surface area contributed by atoms with Crippen LogP contribution in [0.2, 0.25) is 0 Å². The zero-order valence-corrected chi connectivity index (χ0v) is 13.1. The minimum absolute atomic E-state index is 0.0418. The van der Waals surface area contributed by atoms with Crippen LogP contribution < -0.4 is 5.32 Å². The number of nitrogens with one attached hydrogen (secondary N) is 1. The Kier molecular flexibility index (Phi) is 5.42. The molecule has 0 amide bonds. The summed E-state index contributed by atoms with van der Waals surface area (Å²) in [5.74, 6) is -1.49. The normalized spacial score (nSPS) is 12.4. The largest absolute Gasteiger partial charge is 0.316 e. The van der Waals surface area contributed by atoms with Crippen LogP contribution in [0, 0.1) is 17.5 Å². The molecule has 1 unspecified atom stereocenters. The first kappa shape index (κ1) is 16.0. The summed E-state index contributed by atoms with van der Waals surface area (Å²) in [6.07, 6.45) is 1.02. The fraction of sp³-hybridized carbons (Fsp3) is 0.250. The second kappa shape index (κ2) is 7.09. The molecule has 0 bridgehead atoms. The predicted octanol–water partition coefficient (Wildman–Crippen LogP) is 4.24. The maximum atomic E-state index is 13.4. The van der Waals surface area contributed by atoms with Gasteiger partial charge in [-0.05, 0) is 61.3 Å². The summed E-state index contributed by atoms with van der Waals surface area (Å²) >= 11 is 3.25. The van der Waals surface area contributed by atoms with Crippen LogP contribution in [0.25, 0.3) is 0 Å². The zero-order valence-electron chi connectivity index (χ0n) is 11.5. The van der Waals surface area contributed by atoms with E-state index in [2.05, 4.69) is 21.2 Å². The van der Waals surface area contributed by atoms with E-state index in [0.717, 1.165) is 11.6 Å². The lowest BCUT2D eigenvalue weighted by molar-refractivity contribution is 0.541. The van der Waals surface area contributed by atoms with E-state index < -0.39 is 11.6 Å². The van der Waals surface area contributed by atoms with Gasteiger partial charge in [0.1, 0.15) is 17.5 Å². The molecule has 0 heterocycles. The first-order chi connectivity index (χ1) is 9.96. The summed E-state index contributed by atoms with van der Waals surface area (Å²) in [5.41, 5.74) is 1.39. The smallest absolute Gasteiger partial charge is 0.126 e. The van der Waals surface area contributed by atoms with E-state index in [4.69, 9.17) is 0 Å². The van der Waals surface area contributed by atoms with Crippen molar-refractivity contribution in [3.05, 3.63) is 69.4 Å². The molecule has 0 aliphatic carbocycles. The molecule has 2 rings (SSSR count). The molecule has 0 spiro atoms. The van der Waals surface area contributed by atoms with Crippen LogP contribution >= 0.6 is 15.9 Å². The number of hydrogen-bond acceptors (Lipinski definition) is 1. The van der Waals surface area contributed by atoms with E-state index in [-0.39, 0.29) is 11.9 Å². The van der Waals surface area contributed by atoms with Crippen molar-refractivity contribution < 1.29 is 13.2 Å². The number of benzene rings is 2. The van der Waals surface area contributed by atoms with Crippen molar-refractivity contribution in [1.82, 2.24) is 5.32 Å². The molecule has 2 aromatic rings. The lowest BCUT2D eigenvalue weighted by atomic mass is 9.99. The number of halogens is 4. The Labute approximate surface area is 130 Å². The highest BCUT2D eigenvalue weighted by Gasteiger charge is 2.11. The van der Waals surface area contributed by atoms with Gasteiger partial charge in [-0.3, -0.25) is 0 Å². The molecule has 112 valence electrons. The lowest BCUT2D eigenvalue weighted by Gasteiger charge is -2.17. The second-order valence-corrected chi connectivity index (χ2v) is 5.86. The van der Waals surface area contributed by atoms with E-state index in [0.29, 0.717) is 22.9 Å². The molecule has 1 N–H and O–H groups in total. The van der Waals surface area contributed by atoms with Crippen molar-refractivity contribution in [2.45, 2.75) is 18.9 Å². The fourth-order valence-electron chi connectivity index (χ4n) is 2.30. The highest BCUT2D eigenvalue weighted by Crippen LogP contribution is 2.18. The first-order valence-corrected chi connectivity index (χ1v) is 7.33. The van der Waals surface area contributed by atoms with Crippen molar-refractivity contribution in [3.8, 4) is 0 Å². The summed E-state index contributed by atoms with van der Waals surface area (Å²) < 4.78 is 40.4. The Bertz CT molecular complexity index is 537. The molecule has 0 aliphatic heterocycles. The molecule has 0 fully saturated rings. The fourth-order valence-corrected chi connectivity index (χ4v) is 2.82. The van der Waals surface area contributed by atoms with Crippen LogP contribution in [0.5, 0.6) is 0 Å². The van der Waals surface area contributed by atoms with Crippen LogP contribution in [0.4, 0.5) is 13.2 Å². The summed E-state index contributed by atoms with van der Waals surface area (Å²) in [5, 5.41) is 3.09. The molecule has 1 nitrogen and oxygen atoms in total. The molecular weight excluding hydrogens is 343 g/mol. The van der Waals surface area contributed by atoms with Gasteiger partial charge < -0.3 is 5.32 Å². The minimum atomic E-state index is -0.589. The predicted molar refractivity (Wildman–Crippen MR) is 80.7 cm³/mol. The van der Waals surface area contributed by atoms with E-state index in [9.17, 15) is 13.2 Å². The molecule has 21 heavy (non-hydrogen) atoms. The molecule has 1 atom stereocenters. The van der Waals surface area contributed by atoms with Gasteiger partial charge in [0.05, 0.1) is 0 Å². The molecule has 2 aromatic carbocycles. The van der Waals surface area contributed by atoms with E-state index in [1.54, 1.807) is 7.05 Å².